The highest BCUT2D eigenvalue weighted by atomic mass is 31.0. The van der Waals surface area contributed by atoms with Gasteiger partial charge in [0.15, 0.2) is 0 Å². The van der Waals surface area contributed by atoms with Crippen molar-refractivity contribution in [2.24, 2.45) is 0 Å². The van der Waals surface area contributed by atoms with E-state index >= 15 is 0 Å². The van der Waals surface area contributed by atoms with Crippen LogP contribution in [0, 0.1) is 0 Å². The van der Waals surface area contributed by atoms with Gasteiger partial charge in [0.1, 0.15) is 0 Å². The molecule has 0 fully saturated rings. The number of rotatable bonds is 16. The van der Waals surface area contributed by atoms with Crippen molar-refractivity contribution in [1.29, 1.82) is 0 Å². The van der Waals surface area contributed by atoms with Crippen LogP contribution in [-0.4, -0.2) is 16.7 Å². The van der Waals surface area contributed by atoms with E-state index in [1.807, 2.05) is 0 Å². The maximum atomic E-state index is 10.3. The second-order valence-corrected chi connectivity index (χ2v) is 7.64. The molecule has 0 aliphatic heterocycles. The summed E-state index contributed by atoms with van der Waals surface area (Å²) >= 11 is 0. The van der Waals surface area contributed by atoms with E-state index in [9.17, 15) is 4.79 Å². The van der Waals surface area contributed by atoms with Crippen LogP contribution in [0.4, 0.5) is 0 Å². The Hall–Kier alpha value is -0.100. The first-order valence-electron chi connectivity index (χ1n) is 9.10. The van der Waals surface area contributed by atoms with Gasteiger partial charge >= 0.3 is 5.97 Å². The molecule has 0 aromatic carbocycles. The molecule has 2 atom stereocenters. The molecule has 0 aromatic heterocycles. The smallest absolute Gasteiger partial charge is 0.303 e. The Bertz CT molecular complexity index is 229. The minimum atomic E-state index is -0.655. The molecule has 126 valence electrons. The molecule has 1 N–H and O–H groups in total. The molecule has 0 aromatic rings. The van der Waals surface area contributed by atoms with E-state index in [4.69, 9.17) is 5.11 Å². The van der Waals surface area contributed by atoms with Gasteiger partial charge in [-0.1, -0.05) is 84.0 Å². The van der Waals surface area contributed by atoms with Gasteiger partial charge in [-0.15, -0.1) is 9.24 Å². The Kier molecular flexibility index (Phi) is 16.2. The van der Waals surface area contributed by atoms with Gasteiger partial charge in [-0.3, -0.25) is 4.79 Å². The first kappa shape index (κ1) is 20.9. The highest BCUT2D eigenvalue weighted by molar-refractivity contribution is 7.17. The van der Waals surface area contributed by atoms with Crippen LogP contribution in [0.1, 0.15) is 103 Å². The molecular weight excluding hydrogens is 279 g/mol. The topological polar surface area (TPSA) is 37.3 Å². The molecule has 0 saturated carbocycles. The summed E-state index contributed by atoms with van der Waals surface area (Å²) in [4.78, 5) is 10.3. The average Bonchev–Trinajstić information content (AvgIpc) is 2.42. The average molecular weight is 316 g/mol. The summed E-state index contributed by atoms with van der Waals surface area (Å²) in [5.74, 6) is -0.655. The van der Waals surface area contributed by atoms with Crippen LogP contribution in [0.5, 0.6) is 0 Å². The van der Waals surface area contributed by atoms with Gasteiger partial charge in [-0.2, -0.15) is 0 Å². The Morgan fingerprint density at radius 3 is 1.43 bits per heavy atom. The molecule has 0 amide bonds. The van der Waals surface area contributed by atoms with Crippen molar-refractivity contribution < 1.29 is 9.90 Å². The van der Waals surface area contributed by atoms with Gasteiger partial charge in [0.05, 0.1) is 0 Å². The summed E-state index contributed by atoms with van der Waals surface area (Å²) < 4.78 is 0. The lowest BCUT2D eigenvalue weighted by molar-refractivity contribution is -0.137. The predicted octanol–water partition coefficient (Wildman–Crippen LogP) is 6.19. The third-order valence-electron chi connectivity index (χ3n) is 4.05. The second-order valence-electron chi connectivity index (χ2n) is 6.51. The molecule has 0 aliphatic carbocycles. The Labute approximate surface area is 134 Å². The maximum absolute atomic E-state index is 10.3. The molecule has 0 radical (unpaired) electrons. The van der Waals surface area contributed by atoms with Crippen molar-refractivity contribution in [3.05, 3.63) is 0 Å². The van der Waals surface area contributed by atoms with Crippen LogP contribution >= 0.6 is 9.24 Å². The molecule has 3 heteroatoms. The lowest BCUT2D eigenvalue weighted by Gasteiger charge is -2.04. The van der Waals surface area contributed by atoms with Crippen molar-refractivity contribution >= 4 is 15.2 Å². The first-order valence-corrected chi connectivity index (χ1v) is 9.77. The van der Waals surface area contributed by atoms with E-state index in [0.29, 0.717) is 6.42 Å². The molecule has 0 bridgehead atoms. The number of hydrogen-bond acceptors (Lipinski definition) is 1. The number of carboxylic acid groups (broad SMARTS) is 1. The molecule has 0 heterocycles. The minimum absolute atomic E-state index is 0.343. The van der Waals surface area contributed by atoms with Crippen LogP contribution in [0.15, 0.2) is 0 Å². The largest absolute Gasteiger partial charge is 0.481 e. The standard InChI is InChI=1S/C18H37O2P/c1-17(21)15-13-11-9-7-5-3-2-4-6-8-10-12-14-16-18(19)20/h17H,2-16,21H2,1H3,(H,19,20). The van der Waals surface area contributed by atoms with Gasteiger partial charge in [-0.25, -0.2) is 0 Å². The highest BCUT2D eigenvalue weighted by Gasteiger charge is 1.97. The normalized spacial score (nSPS) is 12.5. The van der Waals surface area contributed by atoms with Crippen molar-refractivity contribution in [2.45, 2.75) is 109 Å². The van der Waals surface area contributed by atoms with Crippen LogP contribution < -0.4 is 0 Å². The van der Waals surface area contributed by atoms with Crippen LogP contribution in [0.2, 0.25) is 0 Å². The molecule has 0 spiro atoms. The first-order chi connectivity index (χ1) is 10.1. The quantitative estimate of drug-likeness (QED) is 0.272. The van der Waals surface area contributed by atoms with Gasteiger partial charge in [0.25, 0.3) is 0 Å². The van der Waals surface area contributed by atoms with E-state index in [2.05, 4.69) is 16.2 Å². The fourth-order valence-electron chi connectivity index (χ4n) is 2.69. The van der Waals surface area contributed by atoms with Crippen molar-refractivity contribution in [2.75, 3.05) is 0 Å². The third-order valence-corrected chi connectivity index (χ3v) is 4.38. The molecule has 2 unspecified atom stereocenters. The summed E-state index contributed by atoms with van der Waals surface area (Å²) in [5, 5.41) is 8.53. The van der Waals surface area contributed by atoms with Crippen LogP contribution in [0.3, 0.4) is 0 Å². The number of carboxylic acids is 1. The monoisotopic (exact) mass is 316 g/mol. The van der Waals surface area contributed by atoms with Gasteiger partial charge < -0.3 is 5.11 Å². The summed E-state index contributed by atoms with van der Waals surface area (Å²) in [6, 6.07) is 0. The second kappa shape index (κ2) is 16.3. The van der Waals surface area contributed by atoms with Gasteiger partial charge in [0.2, 0.25) is 0 Å². The number of hydrogen-bond donors (Lipinski definition) is 1. The Morgan fingerprint density at radius 1 is 0.762 bits per heavy atom. The molecule has 0 saturated heterocycles. The van der Waals surface area contributed by atoms with E-state index in [1.165, 1.54) is 77.0 Å². The fourth-order valence-corrected chi connectivity index (χ4v) is 2.92. The summed E-state index contributed by atoms with van der Waals surface area (Å²) in [5.41, 5.74) is 0.786. The lowest BCUT2D eigenvalue weighted by Crippen LogP contribution is -1.93. The number of carbonyl (C=O) groups is 1. The van der Waals surface area contributed by atoms with E-state index < -0.39 is 5.97 Å². The number of unbranched alkanes of at least 4 members (excludes halogenated alkanes) is 12. The third kappa shape index (κ3) is 19.9. The zero-order valence-corrected chi connectivity index (χ0v) is 15.3. The SMILES string of the molecule is CC(P)CCCCCCCCCCCCCCCC(=O)O. The zero-order valence-electron chi connectivity index (χ0n) is 14.1. The van der Waals surface area contributed by atoms with Gasteiger partial charge in [-0.05, 0) is 18.5 Å². The van der Waals surface area contributed by atoms with Gasteiger partial charge in [0, 0.05) is 6.42 Å². The summed E-state index contributed by atoms with van der Waals surface area (Å²) in [6.45, 7) is 2.27. The van der Waals surface area contributed by atoms with Crippen LogP contribution in [0.25, 0.3) is 0 Å². The summed E-state index contributed by atoms with van der Waals surface area (Å²) in [6.07, 6.45) is 18.7. The fraction of sp³-hybridized carbons (Fsp3) is 0.944. The predicted molar refractivity (Wildman–Crippen MR) is 96.1 cm³/mol. The van der Waals surface area contributed by atoms with Crippen molar-refractivity contribution in [3.63, 3.8) is 0 Å². The van der Waals surface area contributed by atoms with Crippen molar-refractivity contribution in [1.82, 2.24) is 0 Å². The maximum Gasteiger partial charge on any atom is 0.303 e. The van der Waals surface area contributed by atoms with Crippen molar-refractivity contribution in [3.8, 4) is 0 Å². The number of aliphatic carboxylic acids is 1. The van der Waals surface area contributed by atoms with E-state index in [1.54, 1.807) is 0 Å². The zero-order chi connectivity index (χ0) is 15.8. The molecule has 2 nitrogen and oxygen atoms in total. The van der Waals surface area contributed by atoms with Crippen LogP contribution in [-0.2, 0) is 4.79 Å². The van der Waals surface area contributed by atoms with E-state index in [-0.39, 0.29) is 0 Å². The lowest BCUT2D eigenvalue weighted by atomic mass is 10.0. The minimum Gasteiger partial charge on any atom is -0.481 e. The Balaban J connectivity index is 2.98. The molecule has 21 heavy (non-hydrogen) atoms. The van der Waals surface area contributed by atoms with E-state index in [0.717, 1.165) is 18.5 Å². The highest BCUT2D eigenvalue weighted by Crippen LogP contribution is 2.15. The molecule has 0 aliphatic rings. The Morgan fingerprint density at radius 2 is 1.10 bits per heavy atom. The molecular formula is C18H37O2P. The summed E-state index contributed by atoms with van der Waals surface area (Å²) in [7, 11) is 2.88. The molecule has 0 rings (SSSR count).